The number of piperidine rings is 1. The molecule has 1 aliphatic carbocycles. The quantitative estimate of drug-likeness (QED) is 0.530. The van der Waals surface area contributed by atoms with Gasteiger partial charge < -0.3 is 19.7 Å². The third-order valence-electron chi connectivity index (χ3n) is 5.97. The number of esters is 1. The van der Waals surface area contributed by atoms with E-state index in [4.69, 9.17) is 4.74 Å². The Morgan fingerprint density at radius 2 is 1.97 bits per heavy atom. The lowest BCUT2D eigenvalue weighted by Crippen LogP contribution is -2.44. The van der Waals surface area contributed by atoms with E-state index in [1.165, 1.54) is 34.4 Å². The molecule has 2 heterocycles. The van der Waals surface area contributed by atoms with Crippen molar-refractivity contribution in [2.75, 3.05) is 25.0 Å². The van der Waals surface area contributed by atoms with Crippen molar-refractivity contribution in [3.63, 3.8) is 0 Å². The fourth-order valence-corrected chi connectivity index (χ4v) is 5.21. The number of amides is 2. The van der Waals surface area contributed by atoms with Gasteiger partial charge in [0.15, 0.2) is 0 Å². The van der Waals surface area contributed by atoms with Gasteiger partial charge >= 0.3 is 12.6 Å². The number of nitrogens with one attached hydrogen (secondary N) is 1. The highest BCUT2D eigenvalue weighted by Gasteiger charge is 2.34. The number of rotatable bonds is 8. The number of anilines is 1. The highest BCUT2D eigenvalue weighted by atomic mass is 32.1. The van der Waals surface area contributed by atoms with E-state index >= 15 is 0 Å². The van der Waals surface area contributed by atoms with Crippen molar-refractivity contribution >= 4 is 34.1 Å². The maximum Gasteiger partial charge on any atom is 0.387 e. The first-order chi connectivity index (χ1) is 16.4. The maximum atomic E-state index is 13.1. The van der Waals surface area contributed by atoms with Crippen LogP contribution < -0.4 is 10.1 Å². The number of ether oxygens (including phenoxy) is 2. The first-order valence-corrected chi connectivity index (χ1v) is 12.2. The molecule has 1 unspecified atom stereocenters. The number of halogens is 2. The molecule has 1 saturated carbocycles. The summed E-state index contributed by atoms with van der Waals surface area (Å²) in [6.07, 6.45) is 3.17. The highest BCUT2D eigenvalue weighted by molar-refractivity contribution is 7.15. The van der Waals surface area contributed by atoms with Gasteiger partial charge in [-0.2, -0.15) is 8.78 Å². The van der Waals surface area contributed by atoms with E-state index in [-0.39, 0.29) is 30.4 Å². The summed E-state index contributed by atoms with van der Waals surface area (Å²) in [7, 11) is 0. The number of benzene rings is 1. The Kier molecular flexibility index (Phi) is 7.45. The first kappa shape index (κ1) is 24.1. The third-order valence-corrected chi connectivity index (χ3v) is 6.88. The van der Waals surface area contributed by atoms with Gasteiger partial charge in [0.2, 0.25) is 5.91 Å². The zero-order valence-corrected chi connectivity index (χ0v) is 19.5. The third kappa shape index (κ3) is 5.38. The Bertz CT molecular complexity index is 1070. The monoisotopic (exact) mass is 492 g/mol. The zero-order valence-electron chi connectivity index (χ0n) is 18.7. The number of hydrogen-bond acceptors (Lipinski definition) is 6. The molecule has 0 bridgehead atoms. The van der Waals surface area contributed by atoms with E-state index in [2.05, 4.69) is 10.1 Å². The molecule has 2 fully saturated rings. The molecule has 0 radical (unpaired) electrons. The number of thiophene rings is 1. The maximum absolute atomic E-state index is 13.1. The molecule has 34 heavy (non-hydrogen) atoms. The summed E-state index contributed by atoms with van der Waals surface area (Å²) in [4.78, 5) is 40.2. The van der Waals surface area contributed by atoms with Crippen LogP contribution in [0, 0.1) is 5.92 Å². The number of alkyl halides is 2. The molecule has 7 nitrogen and oxygen atoms in total. The predicted octanol–water partition coefficient (Wildman–Crippen LogP) is 4.89. The lowest BCUT2D eigenvalue weighted by Gasteiger charge is -2.32. The summed E-state index contributed by atoms with van der Waals surface area (Å²) in [6.45, 7) is -0.526. The largest absolute Gasteiger partial charge is 0.462 e. The number of likely N-dealkylation sites (tertiary alicyclic amines) is 1. The van der Waals surface area contributed by atoms with Crippen molar-refractivity contribution < 1.29 is 32.6 Å². The van der Waals surface area contributed by atoms with Gasteiger partial charge in [0, 0.05) is 13.1 Å². The van der Waals surface area contributed by atoms with Gasteiger partial charge in [-0.05, 0) is 61.6 Å². The molecule has 2 amide bonds. The molecule has 4 rings (SSSR count). The molecular weight excluding hydrogens is 466 g/mol. The molecule has 1 aliphatic heterocycles. The lowest BCUT2D eigenvalue weighted by atomic mass is 9.96. The fraction of sp³-hybridized carbons (Fsp3) is 0.458. The van der Waals surface area contributed by atoms with Crippen LogP contribution in [0.4, 0.5) is 13.8 Å². The smallest absolute Gasteiger partial charge is 0.387 e. The van der Waals surface area contributed by atoms with E-state index in [0.29, 0.717) is 35.9 Å². The Morgan fingerprint density at radius 1 is 1.21 bits per heavy atom. The van der Waals surface area contributed by atoms with E-state index in [0.717, 1.165) is 18.4 Å². The van der Waals surface area contributed by atoms with Crippen molar-refractivity contribution in [3.05, 3.63) is 46.3 Å². The number of para-hydroxylation sites is 1. The normalized spacial score (nSPS) is 18.0. The Balaban J connectivity index is 1.47. The summed E-state index contributed by atoms with van der Waals surface area (Å²) in [5.41, 5.74) is 1.36. The second-order valence-corrected chi connectivity index (χ2v) is 9.22. The molecule has 10 heteroatoms. The summed E-state index contributed by atoms with van der Waals surface area (Å²) in [5, 5.41) is 5.24. The summed E-state index contributed by atoms with van der Waals surface area (Å²) >= 11 is 1.30. The summed E-state index contributed by atoms with van der Waals surface area (Å²) in [6, 6.07) is 5.84. The number of nitrogens with zero attached hydrogens (tertiary/aromatic N) is 1. The van der Waals surface area contributed by atoms with Crippen LogP contribution in [0.25, 0.3) is 0 Å². The topological polar surface area (TPSA) is 84.9 Å². The molecule has 1 aromatic heterocycles. The SMILES string of the molecule is CCOC(=O)c1c(C2CC2)csc1NC(=O)C1CCCN(C(=O)c2ccccc2OC(F)F)C1. The Hall–Kier alpha value is -3.01. The minimum Gasteiger partial charge on any atom is -0.462 e. The molecule has 182 valence electrons. The molecular formula is C24H26F2N2O5S. The number of carbonyl (C=O) groups is 3. The number of carbonyl (C=O) groups excluding carboxylic acids is 3. The first-order valence-electron chi connectivity index (χ1n) is 11.3. The Labute approximate surface area is 200 Å². The van der Waals surface area contributed by atoms with Crippen molar-refractivity contribution in [1.29, 1.82) is 0 Å². The number of hydrogen-bond donors (Lipinski definition) is 1. The van der Waals surface area contributed by atoms with Gasteiger partial charge in [0.05, 0.1) is 23.7 Å². The summed E-state index contributed by atoms with van der Waals surface area (Å²) < 4.78 is 35.2. The van der Waals surface area contributed by atoms with Gasteiger partial charge in [0.25, 0.3) is 5.91 Å². The molecule has 1 atom stereocenters. The fourth-order valence-electron chi connectivity index (χ4n) is 4.17. The Morgan fingerprint density at radius 3 is 2.68 bits per heavy atom. The average Bonchev–Trinajstić information content (AvgIpc) is 3.59. The molecule has 2 aliphatic rings. The van der Waals surface area contributed by atoms with Gasteiger partial charge in [-0.3, -0.25) is 9.59 Å². The minimum atomic E-state index is -3.05. The van der Waals surface area contributed by atoms with Crippen LogP contribution in [0.15, 0.2) is 29.6 Å². The second-order valence-electron chi connectivity index (χ2n) is 8.34. The van der Waals surface area contributed by atoms with Crippen LogP contribution >= 0.6 is 11.3 Å². The van der Waals surface area contributed by atoms with E-state index in [9.17, 15) is 23.2 Å². The van der Waals surface area contributed by atoms with E-state index in [1.807, 2.05) is 5.38 Å². The average molecular weight is 493 g/mol. The second kappa shape index (κ2) is 10.5. The highest BCUT2D eigenvalue weighted by Crippen LogP contribution is 2.46. The standard InChI is InChI=1S/C24H26F2N2O5S/c1-2-32-23(31)19-17(14-9-10-14)13-34-21(19)27-20(29)15-6-5-11-28(12-15)22(30)16-7-3-4-8-18(16)33-24(25)26/h3-4,7-8,13-15,24H,2,5-6,9-12H2,1H3,(H,27,29). The minimum absolute atomic E-state index is 0.0285. The van der Waals surface area contributed by atoms with Crippen molar-refractivity contribution in [1.82, 2.24) is 4.90 Å². The van der Waals surface area contributed by atoms with Gasteiger partial charge in [0.1, 0.15) is 10.8 Å². The van der Waals surface area contributed by atoms with Crippen molar-refractivity contribution in [2.24, 2.45) is 5.92 Å². The molecule has 1 aromatic carbocycles. The molecule has 2 aromatic rings. The van der Waals surface area contributed by atoms with Gasteiger partial charge in [-0.25, -0.2) is 4.79 Å². The summed E-state index contributed by atoms with van der Waals surface area (Å²) in [5.74, 6) is -1.57. The van der Waals surface area contributed by atoms with E-state index in [1.54, 1.807) is 13.0 Å². The van der Waals surface area contributed by atoms with Crippen LogP contribution in [0.2, 0.25) is 0 Å². The van der Waals surface area contributed by atoms with Gasteiger partial charge in [-0.1, -0.05) is 12.1 Å². The molecule has 1 saturated heterocycles. The van der Waals surface area contributed by atoms with Crippen molar-refractivity contribution in [3.8, 4) is 5.75 Å². The molecule has 1 N–H and O–H groups in total. The molecule has 0 spiro atoms. The van der Waals surface area contributed by atoms with E-state index < -0.39 is 24.4 Å². The predicted molar refractivity (Wildman–Crippen MR) is 123 cm³/mol. The van der Waals surface area contributed by atoms with Crippen LogP contribution in [-0.4, -0.2) is 49.0 Å². The zero-order chi connectivity index (χ0) is 24.2. The van der Waals surface area contributed by atoms with Crippen LogP contribution in [-0.2, 0) is 9.53 Å². The van der Waals surface area contributed by atoms with Crippen LogP contribution in [0.3, 0.4) is 0 Å². The van der Waals surface area contributed by atoms with Crippen molar-refractivity contribution in [2.45, 2.75) is 45.1 Å². The van der Waals surface area contributed by atoms with Crippen LogP contribution in [0.1, 0.15) is 64.8 Å². The van der Waals surface area contributed by atoms with Gasteiger partial charge in [-0.15, -0.1) is 11.3 Å². The lowest BCUT2D eigenvalue weighted by molar-refractivity contribution is -0.121. The van der Waals surface area contributed by atoms with Crippen LogP contribution in [0.5, 0.6) is 5.75 Å².